The standard InChI is InChI=1S/C19H19N3O3S2/c1-12-11-15(13(2)22(12)19-20-8-9-26-19)18(23)21-16-7-10-27(24,25)17-6-4-3-5-14(16)17/h3-6,8-9,11,16H,7,10H2,1-2H3,(H,21,23). The van der Waals surface area contributed by atoms with Crippen LogP contribution < -0.4 is 5.32 Å². The number of rotatable bonds is 3. The molecule has 0 fully saturated rings. The first-order valence-electron chi connectivity index (χ1n) is 8.60. The van der Waals surface area contributed by atoms with Crippen LogP contribution in [-0.2, 0) is 9.84 Å². The van der Waals surface area contributed by atoms with Crippen molar-refractivity contribution < 1.29 is 13.2 Å². The zero-order valence-electron chi connectivity index (χ0n) is 15.0. The molecule has 140 valence electrons. The molecule has 1 aliphatic rings. The Morgan fingerprint density at radius 2 is 2.07 bits per heavy atom. The summed E-state index contributed by atoms with van der Waals surface area (Å²) in [6.07, 6.45) is 2.11. The average molecular weight is 402 g/mol. The van der Waals surface area contributed by atoms with Gasteiger partial charge in [-0.3, -0.25) is 9.36 Å². The lowest BCUT2D eigenvalue weighted by atomic mass is 10.0. The highest BCUT2D eigenvalue weighted by Crippen LogP contribution is 2.32. The van der Waals surface area contributed by atoms with Crippen LogP contribution in [0.5, 0.6) is 0 Å². The van der Waals surface area contributed by atoms with Crippen molar-refractivity contribution in [2.75, 3.05) is 5.75 Å². The molecule has 0 aliphatic carbocycles. The van der Waals surface area contributed by atoms with Gasteiger partial charge < -0.3 is 5.32 Å². The van der Waals surface area contributed by atoms with Crippen molar-refractivity contribution in [3.05, 3.63) is 64.4 Å². The SMILES string of the molecule is Cc1cc(C(=O)NC2CCS(=O)(=O)c3ccccc32)c(C)n1-c1nccs1. The molecule has 27 heavy (non-hydrogen) atoms. The number of hydrogen-bond acceptors (Lipinski definition) is 5. The fourth-order valence-electron chi connectivity index (χ4n) is 3.59. The van der Waals surface area contributed by atoms with Crippen LogP contribution in [0.3, 0.4) is 0 Å². The number of benzene rings is 1. The van der Waals surface area contributed by atoms with Gasteiger partial charge in [0.05, 0.1) is 22.3 Å². The second kappa shape index (κ2) is 6.61. The number of hydrogen-bond donors (Lipinski definition) is 1. The summed E-state index contributed by atoms with van der Waals surface area (Å²) in [4.78, 5) is 17.6. The Morgan fingerprint density at radius 1 is 1.30 bits per heavy atom. The van der Waals surface area contributed by atoms with Gasteiger partial charge in [0.15, 0.2) is 15.0 Å². The average Bonchev–Trinajstić information content (AvgIpc) is 3.25. The summed E-state index contributed by atoms with van der Waals surface area (Å²) in [7, 11) is -3.28. The van der Waals surface area contributed by atoms with Crippen LogP contribution in [0.15, 0.2) is 46.8 Å². The maximum atomic E-state index is 12.9. The van der Waals surface area contributed by atoms with Crippen LogP contribution in [-0.4, -0.2) is 29.6 Å². The van der Waals surface area contributed by atoms with Gasteiger partial charge in [0, 0.05) is 23.0 Å². The fraction of sp³-hybridized carbons (Fsp3) is 0.263. The number of carbonyl (C=O) groups is 1. The number of carbonyl (C=O) groups excluding carboxylic acids is 1. The number of nitrogens with one attached hydrogen (secondary N) is 1. The molecule has 0 bridgehead atoms. The molecule has 1 atom stereocenters. The van der Waals surface area contributed by atoms with Crippen molar-refractivity contribution in [2.45, 2.75) is 31.2 Å². The lowest BCUT2D eigenvalue weighted by Crippen LogP contribution is -2.34. The van der Waals surface area contributed by atoms with E-state index in [9.17, 15) is 13.2 Å². The molecule has 1 amide bonds. The van der Waals surface area contributed by atoms with Crippen molar-refractivity contribution in [3.8, 4) is 5.13 Å². The second-order valence-electron chi connectivity index (χ2n) is 6.61. The highest BCUT2D eigenvalue weighted by atomic mass is 32.2. The first kappa shape index (κ1) is 17.9. The van der Waals surface area contributed by atoms with Gasteiger partial charge in [0.1, 0.15) is 0 Å². The molecule has 8 heteroatoms. The van der Waals surface area contributed by atoms with Crippen LogP contribution >= 0.6 is 11.3 Å². The molecular formula is C19H19N3O3S2. The Balaban J connectivity index is 1.65. The highest BCUT2D eigenvalue weighted by Gasteiger charge is 2.31. The summed E-state index contributed by atoms with van der Waals surface area (Å²) in [5, 5.41) is 5.74. The highest BCUT2D eigenvalue weighted by molar-refractivity contribution is 7.91. The first-order valence-corrected chi connectivity index (χ1v) is 11.1. The van der Waals surface area contributed by atoms with Crippen molar-refractivity contribution in [3.63, 3.8) is 0 Å². The smallest absolute Gasteiger partial charge is 0.253 e. The van der Waals surface area contributed by atoms with Gasteiger partial charge in [0.2, 0.25) is 0 Å². The maximum Gasteiger partial charge on any atom is 0.253 e. The quantitative estimate of drug-likeness (QED) is 0.731. The lowest BCUT2D eigenvalue weighted by molar-refractivity contribution is 0.0934. The summed E-state index contributed by atoms with van der Waals surface area (Å²) in [5.74, 6) is -0.169. The third-order valence-corrected chi connectivity index (χ3v) is 7.47. The van der Waals surface area contributed by atoms with Crippen LogP contribution in [0, 0.1) is 13.8 Å². The second-order valence-corrected chi connectivity index (χ2v) is 9.56. The van der Waals surface area contributed by atoms with Gasteiger partial charge in [-0.15, -0.1) is 11.3 Å². The van der Waals surface area contributed by atoms with Crippen LogP contribution in [0.4, 0.5) is 0 Å². The zero-order chi connectivity index (χ0) is 19.2. The molecule has 3 aromatic rings. The monoisotopic (exact) mass is 401 g/mol. The van der Waals surface area contributed by atoms with Crippen molar-refractivity contribution in [1.29, 1.82) is 0 Å². The Labute approximate surface area is 161 Å². The third kappa shape index (κ3) is 3.08. The van der Waals surface area contributed by atoms with Gasteiger partial charge in [-0.1, -0.05) is 18.2 Å². The predicted molar refractivity (Wildman–Crippen MR) is 104 cm³/mol. The molecule has 3 heterocycles. The molecule has 1 N–H and O–H groups in total. The number of aryl methyl sites for hydroxylation is 1. The molecule has 6 nitrogen and oxygen atoms in total. The van der Waals surface area contributed by atoms with Crippen molar-refractivity contribution in [1.82, 2.24) is 14.9 Å². The maximum absolute atomic E-state index is 12.9. The van der Waals surface area contributed by atoms with Crippen molar-refractivity contribution in [2.24, 2.45) is 0 Å². The van der Waals surface area contributed by atoms with Crippen LogP contribution in [0.2, 0.25) is 0 Å². The minimum absolute atomic E-state index is 0.0348. The predicted octanol–water partition coefficient (Wildman–Crippen LogP) is 3.20. The van der Waals surface area contributed by atoms with Crippen LogP contribution in [0.25, 0.3) is 5.13 Å². The van der Waals surface area contributed by atoms with E-state index in [1.807, 2.05) is 29.9 Å². The Kier molecular flexibility index (Phi) is 4.39. The minimum Gasteiger partial charge on any atom is -0.345 e. The summed E-state index contributed by atoms with van der Waals surface area (Å²) >= 11 is 1.51. The van der Waals surface area contributed by atoms with E-state index in [2.05, 4.69) is 10.3 Å². The fourth-order valence-corrected chi connectivity index (χ4v) is 5.96. The number of amides is 1. The third-order valence-electron chi connectivity index (χ3n) is 4.90. The first-order chi connectivity index (χ1) is 12.9. The Hall–Kier alpha value is -2.45. The van der Waals surface area contributed by atoms with E-state index in [4.69, 9.17) is 0 Å². The van der Waals surface area contributed by atoms with E-state index in [-0.39, 0.29) is 17.7 Å². The van der Waals surface area contributed by atoms with Gasteiger partial charge in [-0.2, -0.15) is 0 Å². The molecule has 2 aromatic heterocycles. The molecule has 4 rings (SSSR count). The lowest BCUT2D eigenvalue weighted by Gasteiger charge is -2.26. The number of thiazole rings is 1. The molecule has 1 aromatic carbocycles. The molecular weight excluding hydrogens is 382 g/mol. The van der Waals surface area contributed by atoms with E-state index >= 15 is 0 Å². The summed E-state index contributed by atoms with van der Waals surface area (Å²) < 4.78 is 26.5. The van der Waals surface area contributed by atoms with Gasteiger partial charge in [-0.05, 0) is 38.0 Å². The summed E-state index contributed by atoms with van der Waals surface area (Å²) in [6, 6.07) is 8.42. The van der Waals surface area contributed by atoms with E-state index in [0.717, 1.165) is 16.5 Å². The van der Waals surface area contributed by atoms with Gasteiger partial charge in [-0.25, -0.2) is 13.4 Å². The number of sulfone groups is 1. The largest absolute Gasteiger partial charge is 0.345 e. The molecule has 0 saturated carbocycles. The Bertz CT molecular complexity index is 1120. The molecule has 1 aliphatic heterocycles. The van der Waals surface area contributed by atoms with E-state index in [1.54, 1.807) is 30.5 Å². The summed E-state index contributed by atoms with van der Waals surface area (Å²) in [5.41, 5.74) is 2.98. The molecule has 1 unspecified atom stereocenters. The molecule has 0 spiro atoms. The molecule has 0 radical (unpaired) electrons. The van der Waals surface area contributed by atoms with E-state index in [1.165, 1.54) is 11.3 Å². The number of nitrogens with zero attached hydrogens (tertiary/aromatic N) is 2. The zero-order valence-corrected chi connectivity index (χ0v) is 16.6. The Morgan fingerprint density at radius 3 is 2.81 bits per heavy atom. The normalized spacial score (nSPS) is 18.1. The summed E-state index contributed by atoms with van der Waals surface area (Å²) in [6.45, 7) is 3.83. The number of aromatic nitrogens is 2. The molecule has 0 saturated heterocycles. The van der Waals surface area contributed by atoms with E-state index < -0.39 is 9.84 Å². The van der Waals surface area contributed by atoms with E-state index in [0.29, 0.717) is 22.4 Å². The van der Waals surface area contributed by atoms with Crippen molar-refractivity contribution >= 4 is 27.1 Å². The van der Waals surface area contributed by atoms with Gasteiger partial charge in [0.25, 0.3) is 5.91 Å². The minimum atomic E-state index is -3.28. The number of fused-ring (bicyclic) bond motifs is 1. The topological polar surface area (TPSA) is 81.1 Å². The van der Waals surface area contributed by atoms with Gasteiger partial charge >= 0.3 is 0 Å². The van der Waals surface area contributed by atoms with Crippen LogP contribution in [0.1, 0.15) is 39.8 Å².